The zero-order chi connectivity index (χ0) is 15.1. The van der Waals surface area contributed by atoms with Gasteiger partial charge in [-0.2, -0.15) is 0 Å². The molecule has 0 amide bonds. The maximum absolute atomic E-state index is 11.1. The second-order valence-electron chi connectivity index (χ2n) is 4.91. The van der Waals surface area contributed by atoms with Gasteiger partial charge in [-0.3, -0.25) is 0 Å². The smallest absolute Gasteiger partial charge is 0.328 e. The van der Waals surface area contributed by atoms with Crippen molar-refractivity contribution < 1.29 is 9.90 Å². The van der Waals surface area contributed by atoms with E-state index in [4.69, 9.17) is 28.3 Å². The Morgan fingerprint density at radius 2 is 1.86 bits per heavy atom. The fourth-order valence-electron chi connectivity index (χ4n) is 2.71. The summed E-state index contributed by atoms with van der Waals surface area (Å²) >= 11 is 12.4. The molecule has 0 spiro atoms. The monoisotopic (exact) mass is 318 g/mol. The van der Waals surface area contributed by atoms with E-state index >= 15 is 0 Å². The minimum atomic E-state index is -0.975. The molecule has 0 aliphatic heterocycles. The molecule has 2 nitrogen and oxygen atoms in total. The van der Waals surface area contributed by atoms with Gasteiger partial charge in [-0.05, 0) is 40.3 Å². The second kappa shape index (κ2) is 5.21. The van der Waals surface area contributed by atoms with Crippen molar-refractivity contribution in [3.8, 4) is 11.1 Å². The van der Waals surface area contributed by atoms with E-state index in [1.54, 1.807) is 6.07 Å². The Labute approximate surface area is 132 Å². The molecule has 0 aromatic heterocycles. The maximum atomic E-state index is 11.1. The lowest BCUT2D eigenvalue weighted by molar-refractivity contribution is -0.131. The Morgan fingerprint density at radius 3 is 2.52 bits per heavy atom. The zero-order valence-electron chi connectivity index (χ0n) is 11.3. The van der Waals surface area contributed by atoms with Crippen molar-refractivity contribution in [2.24, 2.45) is 0 Å². The summed E-state index contributed by atoms with van der Waals surface area (Å²) in [6.45, 7) is 2.06. The van der Waals surface area contributed by atoms with Crippen LogP contribution < -0.4 is 0 Å². The third kappa shape index (κ3) is 2.25. The lowest BCUT2D eigenvalue weighted by Gasteiger charge is -2.05. The molecule has 0 heterocycles. The zero-order valence-corrected chi connectivity index (χ0v) is 12.8. The van der Waals surface area contributed by atoms with Crippen LogP contribution in [-0.4, -0.2) is 11.1 Å². The summed E-state index contributed by atoms with van der Waals surface area (Å²) in [6, 6.07) is 9.56. The van der Waals surface area contributed by atoms with Crippen LogP contribution in [0.3, 0.4) is 0 Å². The van der Waals surface area contributed by atoms with E-state index < -0.39 is 5.97 Å². The lowest BCUT2D eigenvalue weighted by Crippen LogP contribution is -1.92. The summed E-state index contributed by atoms with van der Waals surface area (Å²) in [7, 11) is 0. The Balaban J connectivity index is 2.37. The Hall–Kier alpha value is -1.77. The van der Waals surface area contributed by atoms with Crippen molar-refractivity contribution in [2.45, 2.75) is 13.3 Å². The molecule has 1 aliphatic rings. The number of rotatable bonds is 2. The van der Waals surface area contributed by atoms with Gasteiger partial charge in [0.2, 0.25) is 0 Å². The van der Waals surface area contributed by atoms with Crippen LogP contribution in [0.2, 0.25) is 10.0 Å². The van der Waals surface area contributed by atoms with Crippen molar-refractivity contribution in [1.29, 1.82) is 0 Å². The third-order valence-electron chi connectivity index (χ3n) is 3.70. The Bertz CT molecular complexity index is 792. The first kappa shape index (κ1) is 14.2. The van der Waals surface area contributed by atoms with E-state index in [0.29, 0.717) is 15.6 Å². The van der Waals surface area contributed by atoms with Crippen LogP contribution in [0.25, 0.3) is 16.7 Å². The predicted molar refractivity (Wildman–Crippen MR) is 86.0 cm³/mol. The molecule has 0 fully saturated rings. The number of aryl methyl sites for hydroxylation is 1. The van der Waals surface area contributed by atoms with Gasteiger partial charge in [0.05, 0.1) is 10.0 Å². The second-order valence-corrected chi connectivity index (χ2v) is 5.70. The molecule has 0 bridgehead atoms. The van der Waals surface area contributed by atoms with Crippen molar-refractivity contribution in [3.63, 3.8) is 0 Å². The summed E-state index contributed by atoms with van der Waals surface area (Å²) in [4.78, 5) is 11.1. The minimum absolute atomic E-state index is 0.466. The van der Waals surface area contributed by atoms with Crippen molar-refractivity contribution in [1.82, 2.24) is 0 Å². The molecule has 1 N–H and O–H groups in total. The van der Waals surface area contributed by atoms with Gasteiger partial charge in [-0.1, -0.05) is 54.4 Å². The summed E-state index contributed by atoms with van der Waals surface area (Å²) in [5.41, 5.74) is 5.30. The highest BCUT2D eigenvalue weighted by Gasteiger charge is 2.27. The van der Waals surface area contributed by atoms with E-state index in [2.05, 4.69) is 6.92 Å². The average molecular weight is 319 g/mol. The molecule has 1 aliphatic carbocycles. The van der Waals surface area contributed by atoms with Crippen molar-refractivity contribution >= 4 is 34.7 Å². The average Bonchev–Trinajstić information content (AvgIpc) is 2.76. The number of carboxylic acid groups (broad SMARTS) is 1. The molecule has 2 aromatic rings. The first-order chi connectivity index (χ1) is 10.0. The standard InChI is InChI=1S/C17H12Cl2O2/c1-2-9-3-4-10-12(7-9)13(8-15(20)21)11-5-6-14(18)17(19)16(10)11/h3-8H,2H2,1H3,(H,20,21)/b13-8-. The van der Waals surface area contributed by atoms with Crippen LogP contribution in [0, 0.1) is 0 Å². The molecule has 21 heavy (non-hydrogen) atoms. The minimum Gasteiger partial charge on any atom is -0.478 e. The third-order valence-corrected chi connectivity index (χ3v) is 4.51. The largest absolute Gasteiger partial charge is 0.478 e. The van der Waals surface area contributed by atoms with Gasteiger partial charge in [-0.25, -0.2) is 4.79 Å². The number of benzene rings is 2. The fraction of sp³-hybridized carbons (Fsp3) is 0.118. The number of halogens is 2. The van der Waals surface area contributed by atoms with Crippen LogP contribution in [0.1, 0.15) is 23.6 Å². The van der Waals surface area contributed by atoms with E-state index in [1.807, 2.05) is 24.3 Å². The number of carbonyl (C=O) groups is 1. The molecule has 0 saturated carbocycles. The number of fused-ring (bicyclic) bond motifs is 3. The van der Waals surface area contributed by atoms with Gasteiger partial charge in [-0.15, -0.1) is 0 Å². The first-order valence-electron chi connectivity index (χ1n) is 6.59. The molecule has 0 atom stereocenters. The molecular formula is C17H12Cl2O2. The highest BCUT2D eigenvalue weighted by Crippen LogP contribution is 2.49. The van der Waals surface area contributed by atoms with Crippen LogP contribution in [0.5, 0.6) is 0 Å². The molecule has 4 heteroatoms. The summed E-state index contributed by atoms with van der Waals surface area (Å²) in [5, 5.41) is 10.1. The Morgan fingerprint density at radius 1 is 1.14 bits per heavy atom. The molecular weight excluding hydrogens is 307 g/mol. The van der Waals surface area contributed by atoms with Gasteiger partial charge in [0.15, 0.2) is 0 Å². The molecule has 0 radical (unpaired) electrons. The van der Waals surface area contributed by atoms with Gasteiger partial charge >= 0.3 is 5.97 Å². The highest BCUT2D eigenvalue weighted by atomic mass is 35.5. The predicted octanol–water partition coefficient (Wildman–Crippen LogP) is 5.05. The van der Waals surface area contributed by atoms with Gasteiger partial charge < -0.3 is 5.11 Å². The van der Waals surface area contributed by atoms with Crippen molar-refractivity contribution in [2.75, 3.05) is 0 Å². The fourth-order valence-corrected chi connectivity index (χ4v) is 3.14. The number of carboxylic acids is 1. The summed E-state index contributed by atoms with van der Waals surface area (Å²) in [5.74, 6) is -0.975. The summed E-state index contributed by atoms with van der Waals surface area (Å²) < 4.78 is 0. The van der Waals surface area contributed by atoms with Gasteiger partial charge in [0.25, 0.3) is 0 Å². The van der Waals surface area contributed by atoms with Gasteiger partial charge in [0, 0.05) is 11.6 Å². The topological polar surface area (TPSA) is 37.3 Å². The van der Waals surface area contributed by atoms with Crippen LogP contribution in [0.4, 0.5) is 0 Å². The van der Waals surface area contributed by atoms with Crippen LogP contribution in [0.15, 0.2) is 36.4 Å². The highest BCUT2D eigenvalue weighted by molar-refractivity contribution is 6.44. The summed E-state index contributed by atoms with van der Waals surface area (Å²) in [6.07, 6.45) is 2.12. The van der Waals surface area contributed by atoms with Crippen LogP contribution >= 0.6 is 23.2 Å². The normalized spacial score (nSPS) is 14.1. The molecule has 0 unspecified atom stereocenters. The maximum Gasteiger partial charge on any atom is 0.328 e. The SMILES string of the molecule is CCc1ccc2c(c1)/C(=C\C(=O)O)c1ccc(Cl)c(Cl)c1-2. The van der Waals surface area contributed by atoms with Crippen molar-refractivity contribution in [3.05, 3.63) is 63.1 Å². The van der Waals surface area contributed by atoms with E-state index in [-0.39, 0.29) is 0 Å². The lowest BCUT2D eigenvalue weighted by atomic mass is 10.0. The van der Waals surface area contributed by atoms with Crippen LogP contribution in [-0.2, 0) is 11.2 Å². The molecule has 3 rings (SSSR count). The first-order valence-corrected chi connectivity index (χ1v) is 7.35. The quantitative estimate of drug-likeness (QED) is 0.671. The molecule has 0 saturated heterocycles. The number of hydrogen-bond donors (Lipinski definition) is 1. The van der Waals surface area contributed by atoms with Gasteiger partial charge in [0.1, 0.15) is 0 Å². The van der Waals surface area contributed by atoms with E-state index in [1.165, 1.54) is 6.08 Å². The van der Waals surface area contributed by atoms with E-state index in [0.717, 1.165) is 34.2 Å². The number of aliphatic carboxylic acids is 1. The van der Waals surface area contributed by atoms with E-state index in [9.17, 15) is 4.79 Å². The molecule has 106 valence electrons. The molecule has 2 aromatic carbocycles. The Kier molecular flexibility index (Phi) is 3.52. The number of hydrogen-bond acceptors (Lipinski definition) is 1.